The molecule has 0 saturated carbocycles. The first kappa shape index (κ1) is 28.3. The molecule has 0 atom stereocenters. The van der Waals surface area contributed by atoms with Gasteiger partial charge in [0.15, 0.2) is 0 Å². The molecule has 0 unspecified atom stereocenters. The number of carbonyl (C=O) groups excluding carboxylic acids is 1. The molecule has 0 spiro atoms. The number of halogens is 4. The fraction of sp³-hybridized carbons (Fsp3) is 0.182. The monoisotopic (exact) mass is 460 g/mol. The molecule has 8 heteroatoms. The Morgan fingerprint density at radius 2 is 1.57 bits per heavy atom. The minimum atomic E-state index is -0.364. The van der Waals surface area contributed by atoms with Crippen molar-refractivity contribution < 1.29 is 26.0 Å². The maximum absolute atomic E-state index is 13.0. The second-order valence-corrected chi connectivity index (χ2v) is 7.37. The number of hydrogen-bond donors (Lipinski definition) is 1. The van der Waals surface area contributed by atoms with Crippen LogP contribution in [-0.2, 0) is 0 Å². The predicted octanol–water partition coefficient (Wildman–Crippen LogP) is 2.32. The van der Waals surface area contributed by atoms with Crippen molar-refractivity contribution in [3.8, 4) is 11.1 Å². The predicted molar refractivity (Wildman–Crippen MR) is 113 cm³/mol. The molecule has 3 nitrogen and oxygen atoms in total. The molecule has 0 bridgehead atoms. The number of hydrogen-bond acceptors (Lipinski definition) is 2. The summed E-state index contributed by atoms with van der Waals surface area (Å²) >= 11 is 5.92. The number of amides is 1. The molecule has 0 aliphatic carbocycles. The van der Waals surface area contributed by atoms with E-state index in [4.69, 9.17) is 11.6 Å². The third-order valence-corrected chi connectivity index (χ3v) is 3.64. The van der Waals surface area contributed by atoms with Gasteiger partial charge in [-0.3, -0.25) is 4.79 Å². The van der Waals surface area contributed by atoms with Crippen LogP contribution in [0.4, 0.5) is 8.78 Å². The molecule has 3 aromatic rings. The van der Waals surface area contributed by atoms with E-state index in [9.17, 15) is 13.6 Å². The molecule has 0 saturated heterocycles. The van der Waals surface area contributed by atoms with Crippen molar-refractivity contribution in [3.63, 3.8) is 0 Å². The Morgan fingerprint density at radius 1 is 1.03 bits per heavy atom. The molecule has 1 heterocycles. The number of benzene rings is 2. The van der Waals surface area contributed by atoms with Crippen LogP contribution in [0.1, 0.15) is 31.1 Å². The third-order valence-electron chi connectivity index (χ3n) is 3.44. The first-order valence-electron chi connectivity index (χ1n) is 8.51. The van der Waals surface area contributed by atoms with Crippen LogP contribution >= 0.6 is 11.6 Å². The van der Waals surface area contributed by atoms with E-state index in [0.717, 1.165) is 0 Å². The van der Waals surface area contributed by atoms with Gasteiger partial charge in [-0.25, -0.2) is 13.8 Å². The van der Waals surface area contributed by atoms with Gasteiger partial charge in [0, 0.05) is 17.6 Å². The van der Waals surface area contributed by atoms with Crippen LogP contribution in [0.15, 0.2) is 60.8 Å². The van der Waals surface area contributed by atoms with E-state index in [2.05, 4.69) is 16.4 Å². The van der Waals surface area contributed by atoms with E-state index in [1.807, 2.05) is 20.8 Å². The van der Waals surface area contributed by atoms with Gasteiger partial charge in [-0.05, 0) is 50.1 Å². The smallest absolute Gasteiger partial charge is 1.00 e. The van der Waals surface area contributed by atoms with E-state index in [1.54, 1.807) is 18.2 Å². The van der Waals surface area contributed by atoms with Gasteiger partial charge in [0.1, 0.15) is 11.0 Å². The zero-order valence-electron chi connectivity index (χ0n) is 16.8. The van der Waals surface area contributed by atoms with Gasteiger partial charge >= 0.3 is 23.1 Å². The minimum Gasteiger partial charge on any atom is -1.00 e. The van der Waals surface area contributed by atoms with Gasteiger partial charge < -0.3 is 17.7 Å². The number of nitrogens with zero attached hydrogens (tertiary/aromatic N) is 1. The van der Waals surface area contributed by atoms with Crippen molar-refractivity contribution in [2.24, 2.45) is 0 Å². The Balaban J connectivity index is 0.000000797. The van der Waals surface area contributed by atoms with Crippen molar-refractivity contribution in [2.45, 2.75) is 26.3 Å². The zero-order valence-corrected chi connectivity index (χ0v) is 19.8. The van der Waals surface area contributed by atoms with Crippen LogP contribution in [-0.4, -0.2) is 39.5 Å². The molecule has 1 aromatic heterocycles. The minimum absolute atomic E-state index is 0. The fourth-order valence-electron chi connectivity index (χ4n) is 2.25. The second kappa shape index (κ2) is 12.8. The van der Waals surface area contributed by atoms with Gasteiger partial charge in [-0.15, -0.1) is 12.1 Å². The van der Waals surface area contributed by atoms with Crippen LogP contribution in [0.25, 0.3) is 11.1 Å². The van der Waals surface area contributed by atoms with Crippen molar-refractivity contribution in [2.75, 3.05) is 0 Å². The molecule has 3 rings (SSSR count). The summed E-state index contributed by atoms with van der Waals surface area (Å²) in [5.74, 6) is -0.788. The number of pyridine rings is 1. The number of carbonyl (C=O) groups is 1. The average Bonchev–Trinajstić information content (AvgIpc) is 2.62. The topological polar surface area (TPSA) is 42.0 Å². The summed E-state index contributed by atoms with van der Waals surface area (Å²) in [6.07, 6.45) is 1.43. The van der Waals surface area contributed by atoms with Gasteiger partial charge in [0.05, 0.1) is 5.56 Å². The first-order valence-corrected chi connectivity index (χ1v) is 8.89. The third kappa shape index (κ3) is 9.39. The summed E-state index contributed by atoms with van der Waals surface area (Å²) in [5.41, 5.74) is 1.37. The average molecular weight is 462 g/mol. The molecule has 0 aliphatic rings. The molecule has 154 valence electrons. The van der Waals surface area contributed by atoms with Gasteiger partial charge in [-0.2, -0.15) is 18.2 Å². The van der Waals surface area contributed by atoms with Crippen molar-refractivity contribution in [3.05, 3.63) is 89.2 Å². The second-order valence-electron chi connectivity index (χ2n) is 6.98. The Bertz CT molecular complexity index is 934. The molecule has 2 aromatic carbocycles. The summed E-state index contributed by atoms with van der Waals surface area (Å²) in [7, 11) is 0. The summed E-state index contributed by atoms with van der Waals surface area (Å²) in [6.45, 7) is 5.68. The molecule has 0 fully saturated rings. The largest absolute Gasteiger partial charge is 2.00 e. The number of nitrogens with one attached hydrogen (secondary N) is 1. The van der Waals surface area contributed by atoms with Crippen LogP contribution in [0.5, 0.6) is 0 Å². The summed E-state index contributed by atoms with van der Waals surface area (Å²) in [6, 6.07) is 16.0. The Morgan fingerprint density at radius 3 is 2.03 bits per heavy atom. The molecule has 1 N–H and O–H groups in total. The maximum atomic E-state index is 13.0. The number of aromatic nitrogens is 1. The van der Waals surface area contributed by atoms with E-state index < -0.39 is 0 Å². The standard InChI is InChI=1S/C16H16ClFN2O.C6H4F.ClH.Mg/c1-16(2,3)20-15(21)13-9-19-14(17)8-12(13)10-4-6-11(18)7-5-10;7-6-4-2-1-3-5-6;;/h4-9H,1-3H3,(H,20,21);2-5H;1H;/q;-1;;+2/p-1. The maximum Gasteiger partial charge on any atom is 2.00 e. The van der Waals surface area contributed by atoms with E-state index in [-0.39, 0.29) is 63.7 Å². The first-order chi connectivity index (χ1) is 13.2. The van der Waals surface area contributed by atoms with Crippen LogP contribution in [0.2, 0.25) is 5.15 Å². The molecule has 0 radical (unpaired) electrons. The summed E-state index contributed by atoms with van der Waals surface area (Å²) in [5, 5.41) is 3.16. The van der Waals surface area contributed by atoms with Crippen LogP contribution in [0.3, 0.4) is 0 Å². The Kier molecular flexibility index (Phi) is 12.1. The Labute approximate surface area is 202 Å². The van der Waals surface area contributed by atoms with Crippen LogP contribution < -0.4 is 17.7 Å². The fourth-order valence-corrected chi connectivity index (χ4v) is 2.41. The summed E-state index contributed by atoms with van der Waals surface area (Å²) < 4.78 is 24.9. The molecule has 30 heavy (non-hydrogen) atoms. The van der Waals surface area contributed by atoms with Gasteiger partial charge in [0.25, 0.3) is 5.91 Å². The number of rotatable bonds is 2. The van der Waals surface area contributed by atoms with Gasteiger partial charge in [-0.1, -0.05) is 23.7 Å². The normalized spacial score (nSPS) is 9.93. The molecular formula is C22H20Cl2F2MgN2O. The van der Waals surface area contributed by atoms with Gasteiger partial charge in [0.2, 0.25) is 0 Å². The van der Waals surface area contributed by atoms with E-state index >= 15 is 0 Å². The SMILES string of the molecule is CC(C)(C)NC(=O)c1cnc(Cl)cc1-c1ccc(F)cc1.Fc1cc[c-]cc1.[Cl-].[Mg+2]. The van der Waals surface area contributed by atoms with E-state index in [0.29, 0.717) is 16.7 Å². The van der Waals surface area contributed by atoms with E-state index in [1.165, 1.54) is 42.6 Å². The Hall–Kier alpha value is -1.73. The van der Waals surface area contributed by atoms with Crippen molar-refractivity contribution >= 4 is 40.6 Å². The van der Waals surface area contributed by atoms with Crippen molar-refractivity contribution in [1.29, 1.82) is 0 Å². The molecular weight excluding hydrogens is 441 g/mol. The zero-order chi connectivity index (χ0) is 20.7. The van der Waals surface area contributed by atoms with Crippen LogP contribution in [0, 0.1) is 17.7 Å². The quantitative estimate of drug-likeness (QED) is 0.362. The summed E-state index contributed by atoms with van der Waals surface area (Å²) in [4.78, 5) is 16.3. The van der Waals surface area contributed by atoms with Crippen molar-refractivity contribution in [1.82, 2.24) is 10.3 Å². The molecule has 1 amide bonds. The molecule has 0 aliphatic heterocycles.